The summed E-state index contributed by atoms with van der Waals surface area (Å²) in [7, 11) is 1.32. The highest BCUT2D eigenvalue weighted by Crippen LogP contribution is 2.22. The molecule has 110 valence electrons. The molecule has 21 heavy (non-hydrogen) atoms. The standard InChI is InChI=1S/C16H15ClFNO2/c1-10-7-11(3-5-14(10)18)9-19-15-6-4-12(17)8-13(15)16(20)21-2/h3-8,19H,9H2,1-2H3. The predicted octanol–water partition coefficient (Wildman–Crippen LogP) is 4.19. The molecule has 0 amide bonds. The third-order valence-corrected chi connectivity index (χ3v) is 3.33. The topological polar surface area (TPSA) is 38.3 Å². The van der Waals surface area contributed by atoms with Gasteiger partial charge in [0.15, 0.2) is 0 Å². The minimum atomic E-state index is -0.463. The van der Waals surface area contributed by atoms with Crippen LogP contribution >= 0.6 is 11.6 Å². The van der Waals surface area contributed by atoms with Gasteiger partial charge < -0.3 is 10.1 Å². The van der Waals surface area contributed by atoms with Gasteiger partial charge in [0, 0.05) is 17.3 Å². The van der Waals surface area contributed by atoms with Gasteiger partial charge in [-0.25, -0.2) is 9.18 Å². The van der Waals surface area contributed by atoms with Gasteiger partial charge in [0.25, 0.3) is 0 Å². The molecule has 2 aromatic rings. The molecule has 3 nitrogen and oxygen atoms in total. The lowest BCUT2D eigenvalue weighted by Gasteiger charge is -2.12. The van der Waals surface area contributed by atoms with Crippen LogP contribution in [0.2, 0.25) is 5.02 Å². The van der Waals surface area contributed by atoms with Crippen molar-refractivity contribution in [3.05, 3.63) is 63.9 Å². The molecule has 0 fully saturated rings. The number of halogens is 2. The van der Waals surface area contributed by atoms with E-state index in [4.69, 9.17) is 16.3 Å². The highest BCUT2D eigenvalue weighted by molar-refractivity contribution is 6.31. The van der Waals surface area contributed by atoms with Crippen molar-refractivity contribution in [2.75, 3.05) is 12.4 Å². The van der Waals surface area contributed by atoms with Crippen molar-refractivity contribution in [3.63, 3.8) is 0 Å². The molecule has 0 saturated carbocycles. The van der Waals surface area contributed by atoms with E-state index in [0.717, 1.165) is 5.56 Å². The number of carbonyl (C=O) groups excluding carboxylic acids is 1. The van der Waals surface area contributed by atoms with Crippen molar-refractivity contribution >= 4 is 23.3 Å². The molecule has 1 N–H and O–H groups in total. The van der Waals surface area contributed by atoms with Gasteiger partial charge in [-0.05, 0) is 42.3 Å². The van der Waals surface area contributed by atoms with Gasteiger partial charge in [0.2, 0.25) is 0 Å². The smallest absolute Gasteiger partial charge is 0.340 e. The van der Waals surface area contributed by atoms with Crippen molar-refractivity contribution in [3.8, 4) is 0 Å². The van der Waals surface area contributed by atoms with Crippen molar-refractivity contribution in [2.45, 2.75) is 13.5 Å². The van der Waals surface area contributed by atoms with Crippen LogP contribution in [0.3, 0.4) is 0 Å². The number of rotatable bonds is 4. The van der Waals surface area contributed by atoms with Crippen LogP contribution in [0, 0.1) is 12.7 Å². The molecule has 0 bridgehead atoms. The molecule has 0 atom stereocenters. The normalized spacial score (nSPS) is 10.3. The predicted molar refractivity (Wildman–Crippen MR) is 81.3 cm³/mol. The van der Waals surface area contributed by atoms with Gasteiger partial charge in [-0.15, -0.1) is 0 Å². The average Bonchev–Trinajstić information content (AvgIpc) is 2.48. The summed E-state index contributed by atoms with van der Waals surface area (Å²) in [6.45, 7) is 2.17. The summed E-state index contributed by atoms with van der Waals surface area (Å²) < 4.78 is 18.0. The van der Waals surface area contributed by atoms with E-state index in [1.807, 2.05) is 0 Å². The van der Waals surface area contributed by atoms with Crippen LogP contribution in [-0.2, 0) is 11.3 Å². The molecule has 0 heterocycles. The lowest BCUT2D eigenvalue weighted by molar-refractivity contribution is 0.0602. The minimum Gasteiger partial charge on any atom is -0.465 e. The van der Waals surface area contributed by atoms with Crippen molar-refractivity contribution < 1.29 is 13.9 Å². The zero-order chi connectivity index (χ0) is 15.4. The van der Waals surface area contributed by atoms with Crippen LogP contribution in [0.15, 0.2) is 36.4 Å². The van der Waals surface area contributed by atoms with E-state index in [1.54, 1.807) is 37.3 Å². The summed E-state index contributed by atoms with van der Waals surface area (Å²) >= 11 is 5.90. The van der Waals surface area contributed by atoms with E-state index in [2.05, 4.69) is 5.32 Å². The van der Waals surface area contributed by atoms with Gasteiger partial charge >= 0.3 is 5.97 Å². The Morgan fingerprint density at radius 2 is 2.05 bits per heavy atom. The Bertz CT molecular complexity index is 673. The lowest BCUT2D eigenvalue weighted by Crippen LogP contribution is -2.08. The number of nitrogens with one attached hydrogen (secondary N) is 1. The Morgan fingerprint density at radius 1 is 1.29 bits per heavy atom. The molecule has 0 saturated heterocycles. The van der Waals surface area contributed by atoms with Crippen molar-refractivity contribution in [1.29, 1.82) is 0 Å². The second kappa shape index (κ2) is 6.59. The van der Waals surface area contributed by atoms with E-state index in [0.29, 0.717) is 28.4 Å². The van der Waals surface area contributed by atoms with Crippen molar-refractivity contribution in [1.82, 2.24) is 0 Å². The molecule has 2 rings (SSSR count). The highest BCUT2D eigenvalue weighted by atomic mass is 35.5. The number of benzene rings is 2. The molecule has 0 radical (unpaired) electrons. The maximum Gasteiger partial charge on any atom is 0.340 e. The third kappa shape index (κ3) is 3.73. The van der Waals surface area contributed by atoms with Gasteiger partial charge in [-0.3, -0.25) is 0 Å². The Hall–Kier alpha value is -2.07. The fourth-order valence-electron chi connectivity index (χ4n) is 1.96. The molecule has 0 aliphatic carbocycles. The molecule has 0 unspecified atom stereocenters. The number of methoxy groups -OCH3 is 1. The number of esters is 1. The zero-order valence-electron chi connectivity index (χ0n) is 11.7. The third-order valence-electron chi connectivity index (χ3n) is 3.09. The summed E-state index contributed by atoms with van der Waals surface area (Å²) in [5.74, 6) is -0.698. The number of hydrogen-bond donors (Lipinski definition) is 1. The fraction of sp³-hybridized carbons (Fsp3) is 0.188. The molecular formula is C16H15ClFNO2. The second-order valence-corrected chi connectivity index (χ2v) is 5.06. The Balaban J connectivity index is 2.19. The maximum atomic E-state index is 13.2. The zero-order valence-corrected chi connectivity index (χ0v) is 12.5. The molecule has 0 aliphatic rings. The molecule has 5 heteroatoms. The van der Waals surface area contributed by atoms with E-state index in [9.17, 15) is 9.18 Å². The minimum absolute atomic E-state index is 0.236. The number of aryl methyl sites for hydroxylation is 1. The number of hydrogen-bond acceptors (Lipinski definition) is 3. The Morgan fingerprint density at radius 3 is 2.71 bits per heavy atom. The monoisotopic (exact) mass is 307 g/mol. The summed E-state index contributed by atoms with van der Waals surface area (Å²) in [6, 6.07) is 9.83. The van der Waals surface area contributed by atoms with Gasteiger partial charge in [0.05, 0.1) is 12.7 Å². The first kappa shape index (κ1) is 15.3. The maximum absolute atomic E-state index is 13.2. The van der Waals surface area contributed by atoms with Crippen LogP contribution in [0.4, 0.5) is 10.1 Å². The summed E-state index contributed by atoms with van der Waals surface area (Å²) in [4.78, 5) is 11.7. The number of carbonyl (C=O) groups is 1. The first-order valence-corrected chi connectivity index (χ1v) is 6.76. The van der Waals surface area contributed by atoms with Crippen LogP contribution in [-0.4, -0.2) is 13.1 Å². The van der Waals surface area contributed by atoms with Gasteiger partial charge in [0.1, 0.15) is 5.82 Å². The average molecular weight is 308 g/mol. The quantitative estimate of drug-likeness (QED) is 0.861. The number of anilines is 1. The number of ether oxygens (including phenoxy) is 1. The van der Waals surface area contributed by atoms with Gasteiger partial charge in [-0.1, -0.05) is 23.7 Å². The molecule has 0 spiro atoms. The summed E-state index contributed by atoms with van der Waals surface area (Å²) in [5.41, 5.74) is 2.48. The SMILES string of the molecule is COC(=O)c1cc(Cl)ccc1NCc1ccc(F)c(C)c1. The van der Waals surface area contributed by atoms with Crippen LogP contribution in [0.5, 0.6) is 0 Å². The van der Waals surface area contributed by atoms with Crippen LogP contribution in [0.25, 0.3) is 0 Å². The first-order chi connectivity index (χ1) is 10.0. The largest absolute Gasteiger partial charge is 0.465 e. The van der Waals surface area contributed by atoms with Gasteiger partial charge in [-0.2, -0.15) is 0 Å². The Labute approximate surface area is 127 Å². The molecular weight excluding hydrogens is 293 g/mol. The van der Waals surface area contributed by atoms with E-state index in [-0.39, 0.29) is 5.82 Å². The van der Waals surface area contributed by atoms with Crippen LogP contribution < -0.4 is 5.32 Å². The Kier molecular flexibility index (Phi) is 4.81. The van der Waals surface area contributed by atoms with E-state index in [1.165, 1.54) is 13.2 Å². The summed E-state index contributed by atoms with van der Waals surface area (Å²) in [6.07, 6.45) is 0. The highest BCUT2D eigenvalue weighted by Gasteiger charge is 2.12. The molecule has 0 aromatic heterocycles. The van der Waals surface area contributed by atoms with E-state index >= 15 is 0 Å². The fourth-order valence-corrected chi connectivity index (χ4v) is 2.14. The first-order valence-electron chi connectivity index (χ1n) is 6.38. The van der Waals surface area contributed by atoms with Crippen molar-refractivity contribution in [2.24, 2.45) is 0 Å². The second-order valence-electron chi connectivity index (χ2n) is 4.62. The summed E-state index contributed by atoms with van der Waals surface area (Å²) in [5, 5.41) is 3.59. The lowest BCUT2D eigenvalue weighted by atomic mass is 10.1. The van der Waals surface area contributed by atoms with Crippen LogP contribution in [0.1, 0.15) is 21.5 Å². The molecule has 0 aliphatic heterocycles. The van der Waals surface area contributed by atoms with E-state index < -0.39 is 5.97 Å². The molecule has 2 aromatic carbocycles.